The quantitative estimate of drug-likeness (QED) is 0.162. The van der Waals surface area contributed by atoms with Gasteiger partial charge in [0.05, 0.1) is 5.41 Å². The maximum atomic E-state index is 6.96. The molecule has 1 spiro atoms. The van der Waals surface area contributed by atoms with Crippen molar-refractivity contribution in [3.05, 3.63) is 229 Å². The molecule has 2 aliphatic carbocycles. The molecule has 14 aromatic rings. The van der Waals surface area contributed by atoms with E-state index in [0.717, 1.165) is 44.2 Å². The molecule has 0 N–H and O–H groups in total. The highest BCUT2D eigenvalue weighted by atomic mass is 32.1. The maximum Gasteiger partial charge on any atom is 0.136 e. The Morgan fingerprint density at radius 3 is 1.36 bits per heavy atom. The van der Waals surface area contributed by atoms with E-state index >= 15 is 0 Å². The minimum atomic E-state index is -0.406. The number of rotatable bonds is 2. The standard InChI is InChI=1S/C63H34O2S/c1-3-17-41-39(15-1)57(40-16-2-4-18-42(40)58(41)36-26-28-45-54(34-36)65-52-31-32-56-62(61(45)52)46-20-8-12-24-55(46)66-56)35-25-27-44-53(33-35)64-51-30-29-50-59(60(44)51)43-19-7-11-23-49(43)63(50)47-21-9-5-13-37(47)38-14-6-10-22-48(38)63/h1-34H. The van der Waals surface area contributed by atoms with Gasteiger partial charge >= 0.3 is 0 Å². The molecule has 2 nitrogen and oxygen atoms in total. The van der Waals surface area contributed by atoms with Crippen molar-refractivity contribution < 1.29 is 8.83 Å². The van der Waals surface area contributed by atoms with Crippen LogP contribution >= 0.6 is 11.3 Å². The van der Waals surface area contributed by atoms with E-state index in [2.05, 4.69) is 206 Å². The summed E-state index contributed by atoms with van der Waals surface area (Å²) in [5, 5.41) is 12.0. The van der Waals surface area contributed by atoms with Crippen LogP contribution in [0.15, 0.2) is 215 Å². The zero-order chi connectivity index (χ0) is 42.8. The molecule has 16 rings (SSSR count). The Morgan fingerprint density at radius 2 is 0.758 bits per heavy atom. The van der Waals surface area contributed by atoms with E-state index in [9.17, 15) is 0 Å². The Morgan fingerprint density at radius 1 is 0.288 bits per heavy atom. The van der Waals surface area contributed by atoms with Crippen molar-refractivity contribution in [3.8, 4) is 44.5 Å². The van der Waals surface area contributed by atoms with Gasteiger partial charge in [-0.2, -0.15) is 0 Å². The molecule has 0 radical (unpaired) electrons. The van der Waals surface area contributed by atoms with Crippen LogP contribution in [0.5, 0.6) is 0 Å². The number of hydrogen-bond acceptors (Lipinski definition) is 3. The van der Waals surface area contributed by atoms with E-state index in [1.165, 1.54) is 108 Å². The zero-order valence-electron chi connectivity index (χ0n) is 35.4. The van der Waals surface area contributed by atoms with Gasteiger partial charge in [0.25, 0.3) is 0 Å². The molecule has 0 amide bonds. The number of benzene rings is 11. The fourth-order valence-corrected chi connectivity index (χ4v) is 13.7. The molecule has 0 bridgehead atoms. The third-order valence-electron chi connectivity index (χ3n) is 15.1. The van der Waals surface area contributed by atoms with Gasteiger partial charge in [-0.15, -0.1) is 11.3 Å². The van der Waals surface area contributed by atoms with Gasteiger partial charge in [0.15, 0.2) is 0 Å². The minimum Gasteiger partial charge on any atom is -0.456 e. The number of thiophene rings is 1. The molecule has 0 aliphatic heterocycles. The largest absolute Gasteiger partial charge is 0.456 e. The summed E-state index contributed by atoms with van der Waals surface area (Å²) in [6.45, 7) is 0. The van der Waals surface area contributed by atoms with Gasteiger partial charge < -0.3 is 8.83 Å². The highest BCUT2D eigenvalue weighted by Gasteiger charge is 2.52. The second-order valence-corrected chi connectivity index (χ2v) is 19.2. The van der Waals surface area contributed by atoms with Crippen molar-refractivity contribution in [3.63, 3.8) is 0 Å². The van der Waals surface area contributed by atoms with E-state index in [1.807, 2.05) is 11.3 Å². The van der Waals surface area contributed by atoms with Crippen molar-refractivity contribution in [2.24, 2.45) is 0 Å². The summed E-state index contributed by atoms with van der Waals surface area (Å²) in [6.07, 6.45) is 0. The average Bonchev–Trinajstić information content (AvgIpc) is 4.17. The summed E-state index contributed by atoms with van der Waals surface area (Å²) in [6, 6.07) is 76.2. The smallest absolute Gasteiger partial charge is 0.136 e. The summed E-state index contributed by atoms with van der Waals surface area (Å²) in [5.74, 6) is 0. The van der Waals surface area contributed by atoms with E-state index in [1.54, 1.807) is 0 Å². The molecule has 304 valence electrons. The lowest BCUT2D eigenvalue weighted by Gasteiger charge is -2.30. The molecule has 66 heavy (non-hydrogen) atoms. The molecule has 3 heteroatoms. The van der Waals surface area contributed by atoms with Crippen LogP contribution in [0.1, 0.15) is 22.3 Å². The van der Waals surface area contributed by atoms with E-state index in [4.69, 9.17) is 8.83 Å². The summed E-state index contributed by atoms with van der Waals surface area (Å²) in [5.41, 5.74) is 18.4. The summed E-state index contributed by atoms with van der Waals surface area (Å²) in [4.78, 5) is 0. The molecule has 3 heterocycles. The first-order valence-electron chi connectivity index (χ1n) is 22.7. The lowest BCUT2D eigenvalue weighted by Crippen LogP contribution is -2.25. The summed E-state index contributed by atoms with van der Waals surface area (Å²) < 4.78 is 16.3. The Hall–Kier alpha value is -8.24. The predicted molar refractivity (Wildman–Crippen MR) is 276 cm³/mol. The molecule has 3 aromatic heterocycles. The van der Waals surface area contributed by atoms with Crippen molar-refractivity contribution >= 4 is 96.9 Å². The summed E-state index contributed by atoms with van der Waals surface area (Å²) >= 11 is 1.85. The van der Waals surface area contributed by atoms with Crippen LogP contribution in [0.25, 0.3) is 130 Å². The molecule has 0 fully saturated rings. The minimum absolute atomic E-state index is 0.406. The van der Waals surface area contributed by atoms with Gasteiger partial charge in [0.2, 0.25) is 0 Å². The van der Waals surface area contributed by atoms with Crippen molar-refractivity contribution in [1.29, 1.82) is 0 Å². The zero-order valence-corrected chi connectivity index (χ0v) is 36.2. The first-order valence-corrected chi connectivity index (χ1v) is 23.6. The van der Waals surface area contributed by atoms with E-state index in [-0.39, 0.29) is 0 Å². The van der Waals surface area contributed by atoms with Crippen LogP contribution < -0.4 is 0 Å². The summed E-state index contributed by atoms with van der Waals surface area (Å²) in [7, 11) is 0. The Labute approximate surface area is 382 Å². The van der Waals surface area contributed by atoms with Crippen LogP contribution in [-0.2, 0) is 5.41 Å². The first kappa shape index (κ1) is 35.2. The van der Waals surface area contributed by atoms with Crippen molar-refractivity contribution in [1.82, 2.24) is 0 Å². The van der Waals surface area contributed by atoms with E-state index in [0.29, 0.717) is 0 Å². The van der Waals surface area contributed by atoms with E-state index < -0.39 is 5.41 Å². The van der Waals surface area contributed by atoms with Crippen LogP contribution in [0.2, 0.25) is 0 Å². The Bertz CT molecular complexity index is 4380. The highest BCUT2D eigenvalue weighted by Crippen LogP contribution is 2.64. The molecule has 0 saturated carbocycles. The van der Waals surface area contributed by atoms with Gasteiger partial charge in [-0.25, -0.2) is 0 Å². The third-order valence-corrected chi connectivity index (χ3v) is 16.2. The molecule has 2 aliphatic rings. The molecular weight excluding hydrogens is 821 g/mol. The second kappa shape index (κ2) is 12.5. The lowest BCUT2D eigenvalue weighted by atomic mass is 9.70. The normalized spacial score (nSPS) is 13.6. The number of hydrogen-bond donors (Lipinski definition) is 0. The average molecular weight is 855 g/mol. The number of fused-ring (bicyclic) bond motifs is 23. The fourth-order valence-electron chi connectivity index (χ4n) is 12.6. The fraction of sp³-hybridized carbons (Fsp3) is 0.0159. The lowest BCUT2D eigenvalue weighted by molar-refractivity contribution is 0.668. The molecule has 0 saturated heterocycles. The van der Waals surface area contributed by atoms with Gasteiger partial charge in [0, 0.05) is 41.7 Å². The van der Waals surface area contributed by atoms with Gasteiger partial charge in [-0.1, -0.05) is 158 Å². The predicted octanol–water partition coefficient (Wildman–Crippen LogP) is 17.8. The SMILES string of the molecule is c1ccc2c(c1)-c1ccccc1C21c2ccccc2-c2c1ccc1oc3cc(-c4c5ccccc5c(-c5ccc6c(c5)oc5ccc7sc8ccccc8c7c56)c5ccccc45)ccc3c21. The second-order valence-electron chi connectivity index (χ2n) is 18.1. The third kappa shape index (κ3) is 4.28. The topological polar surface area (TPSA) is 26.3 Å². The molecule has 0 atom stereocenters. The van der Waals surface area contributed by atoms with Crippen LogP contribution in [-0.4, -0.2) is 0 Å². The first-order chi connectivity index (χ1) is 32.7. The number of furan rings is 2. The highest BCUT2D eigenvalue weighted by molar-refractivity contribution is 7.26. The van der Waals surface area contributed by atoms with Crippen molar-refractivity contribution in [2.45, 2.75) is 5.41 Å². The monoisotopic (exact) mass is 854 g/mol. The maximum absolute atomic E-state index is 6.96. The van der Waals surface area contributed by atoms with Crippen LogP contribution in [0.3, 0.4) is 0 Å². The Kier molecular flexibility index (Phi) is 6.66. The van der Waals surface area contributed by atoms with Crippen molar-refractivity contribution in [2.75, 3.05) is 0 Å². The molecule has 0 unspecified atom stereocenters. The van der Waals surface area contributed by atoms with Gasteiger partial charge in [0.1, 0.15) is 22.3 Å². The van der Waals surface area contributed by atoms with Crippen LogP contribution in [0.4, 0.5) is 0 Å². The van der Waals surface area contributed by atoms with Gasteiger partial charge in [-0.05, 0) is 137 Å². The van der Waals surface area contributed by atoms with Gasteiger partial charge in [-0.3, -0.25) is 0 Å². The molecular formula is C63H34O2S. The Balaban J connectivity index is 0.905. The molecule has 11 aromatic carbocycles. The van der Waals surface area contributed by atoms with Crippen LogP contribution in [0, 0.1) is 0 Å².